The molecule has 0 atom stereocenters. The van der Waals surface area contributed by atoms with Crippen molar-refractivity contribution in [1.29, 1.82) is 0 Å². The minimum atomic E-state index is -0.535. The fraction of sp³-hybridized carbons (Fsp3) is 0.167. The van der Waals surface area contributed by atoms with Crippen LogP contribution in [0.5, 0.6) is 0 Å². The summed E-state index contributed by atoms with van der Waals surface area (Å²) in [5, 5.41) is 0.389. The van der Waals surface area contributed by atoms with Gasteiger partial charge in [-0.3, -0.25) is 19.3 Å². The van der Waals surface area contributed by atoms with E-state index in [1.165, 1.54) is 12.1 Å². The largest absolute Gasteiger partial charge is 0.292 e. The Hall–Kier alpha value is -2.17. The molecule has 24 heavy (non-hydrogen) atoms. The fourth-order valence-corrected chi connectivity index (χ4v) is 2.92. The summed E-state index contributed by atoms with van der Waals surface area (Å²) >= 11 is 11.8. The first-order chi connectivity index (χ1) is 11.4. The number of aryl methyl sites for hydroxylation is 1. The number of benzene rings is 2. The maximum Gasteiger partial charge on any atom is 0.262 e. The number of amides is 2. The van der Waals surface area contributed by atoms with Crippen molar-refractivity contribution in [3.63, 3.8) is 0 Å². The number of nitrogens with zero attached hydrogens (tertiary/aromatic N) is 1. The third kappa shape index (κ3) is 2.83. The van der Waals surface area contributed by atoms with Crippen LogP contribution in [-0.4, -0.2) is 29.0 Å². The predicted molar refractivity (Wildman–Crippen MR) is 92.0 cm³/mol. The van der Waals surface area contributed by atoms with E-state index in [0.29, 0.717) is 5.56 Å². The van der Waals surface area contributed by atoms with Gasteiger partial charge in [0, 0.05) is 5.56 Å². The third-order valence-corrected chi connectivity index (χ3v) is 4.72. The number of rotatable bonds is 4. The molecule has 2 aromatic carbocycles. The number of imide groups is 1. The van der Waals surface area contributed by atoms with Crippen LogP contribution in [0.4, 0.5) is 0 Å². The second kappa shape index (κ2) is 6.38. The molecule has 0 aromatic heterocycles. The molecule has 0 saturated heterocycles. The summed E-state index contributed by atoms with van der Waals surface area (Å²) in [7, 11) is 0. The maximum atomic E-state index is 12.4. The van der Waals surface area contributed by atoms with Crippen molar-refractivity contribution in [1.82, 2.24) is 4.90 Å². The molecular weight excluding hydrogens is 349 g/mol. The van der Waals surface area contributed by atoms with Crippen molar-refractivity contribution in [2.24, 2.45) is 0 Å². The van der Waals surface area contributed by atoms with Crippen LogP contribution in [-0.2, 0) is 6.42 Å². The SMILES string of the molecule is CCc1ccc(C(=O)CN2C(=O)c3cc(Cl)c(Cl)cc3C2=O)cc1. The molecule has 0 unspecified atom stereocenters. The molecular formula is C18H13Cl2NO3. The molecule has 122 valence electrons. The van der Waals surface area contributed by atoms with Gasteiger partial charge in [0.1, 0.15) is 0 Å². The molecule has 1 heterocycles. The lowest BCUT2D eigenvalue weighted by molar-refractivity contribution is 0.0624. The summed E-state index contributed by atoms with van der Waals surface area (Å²) in [6.45, 7) is 1.71. The van der Waals surface area contributed by atoms with Crippen LogP contribution in [0.3, 0.4) is 0 Å². The van der Waals surface area contributed by atoms with Gasteiger partial charge in [-0.15, -0.1) is 0 Å². The summed E-state index contributed by atoms with van der Waals surface area (Å²) in [4.78, 5) is 38.1. The molecule has 0 bridgehead atoms. The van der Waals surface area contributed by atoms with Gasteiger partial charge in [-0.2, -0.15) is 0 Å². The molecule has 0 N–H and O–H groups in total. The van der Waals surface area contributed by atoms with Gasteiger partial charge >= 0.3 is 0 Å². The van der Waals surface area contributed by atoms with Gasteiger partial charge in [0.05, 0.1) is 27.7 Å². The Kier molecular flexibility index (Phi) is 4.43. The number of ketones is 1. The molecule has 4 nitrogen and oxygen atoms in total. The zero-order valence-electron chi connectivity index (χ0n) is 12.8. The minimum absolute atomic E-state index is 0.170. The molecule has 0 aliphatic carbocycles. The van der Waals surface area contributed by atoms with Crippen LogP contribution in [0.1, 0.15) is 43.6 Å². The zero-order valence-corrected chi connectivity index (χ0v) is 14.3. The first-order valence-electron chi connectivity index (χ1n) is 7.39. The van der Waals surface area contributed by atoms with Crippen LogP contribution < -0.4 is 0 Å². The standard InChI is InChI=1S/C18H13Cl2NO3/c1-2-10-3-5-11(6-4-10)16(22)9-21-17(23)12-7-14(19)15(20)8-13(12)18(21)24/h3-8H,2,9H2,1H3. The van der Waals surface area contributed by atoms with Crippen molar-refractivity contribution >= 4 is 40.8 Å². The molecule has 1 aliphatic rings. The highest BCUT2D eigenvalue weighted by molar-refractivity contribution is 6.43. The predicted octanol–water partition coefficient (Wildman–Crippen LogP) is 4.03. The maximum absolute atomic E-state index is 12.4. The van der Waals surface area contributed by atoms with E-state index in [1.54, 1.807) is 12.1 Å². The molecule has 1 aliphatic heterocycles. The molecule has 6 heteroatoms. The Bertz CT molecular complexity index is 818. The lowest BCUT2D eigenvalue weighted by Crippen LogP contribution is -2.34. The van der Waals surface area contributed by atoms with Crippen LogP contribution in [0, 0.1) is 0 Å². The van der Waals surface area contributed by atoms with Gasteiger partial charge in [-0.25, -0.2) is 0 Å². The number of hydrogen-bond donors (Lipinski definition) is 0. The molecule has 3 rings (SSSR count). The monoisotopic (exact) mass is 361 g/mol. The summed E-state index contributed by atoms with van der Waals surface area (Å²) in [6, 6.07) is 9.84. The first-order valence-corrected chi connectivity index (χ1v) is 8.15. The Labute approximate surface area is 149 Å². The average Bonchev–Trinajstić information content (AvgIpc) is 2.80. The third-order valence-electron chi connectivity index (χ3n) is 4.00. The number of hydrogen-bond acceptors (Lipinski definition) is 3. The quantitative estimate of drug-likeness (QED) is 0.610. The smallest absolute Gasteiger partial charge is 0.262 e. The van der Waals surface area contributed by atoms with E-state index < -0.39 is 11.8 Å². The zero-order chi connectivity index (χ0) is 17.4. The van der Waals surface area contributed by atoms with E-state index in [1.807, 2.05) is 19.1 Å². The van der Waals surface area contributed by atoms with E-state index in [9.17, 15) is 14.4 Å². The van der Waals surface area contributed by atoms with Crippen LogP contribution in [0.25, 0.3) is 0 Å². The summed E-state index contributed by atoms with van der Waals surface area (Å²) in [6.07, 6.45) is 0.869. The van der Waals surface area contributed by atoms with E-state index in [-0.39, 0.29) is 33.5 Å². The molecule has 0 fully saturated rings. The first kappa shape index (κ1) is 16.7. The highest BCUT2D eigenvalue weighted by Gasteiger charge is 2.37. The van der Waals surface area contributed by atoms with E-state index >= 15 is 0 Å². The number of carbonyl (C=O) groups is 3. The average molecular weight is 362 g/mol. The highest BCUT2D eigenvalue weighted by atomic mass is 35.5. The Morgan fingerprint density at radius 3 is 1.92 bits per heavy atom. The molecule has 0 saturated carbocycles. The summed E-state index contributed by atoms with van der Waals surface area (Å²) in [5.74, 6) is -1.37. The van der Waals surface area contributed by atoms with Crippen molar-refractivity contribution in [3.8, 4) is 0 Å². The van der Waals surface area contributed by atoms with Crippen LogP contribution in [0.15, 0.2) is 36.4 Å². The lowest BCUT2D eigenvalue weighted by Gasteiger charge is -2.12. The highest BCUT2D eigenvalue weighted by Crippen LogP contribution is 2.31. The van der Waals surface area contributed by atoms with E-state index in [2.05, 4.69) is 0 Å². The van der Waals surface area contributed by atoms with Gasteiger partial charge in [0.25, 0.3) is 11.8 Å². The van der Waals surface area contributed by atoms with Gasteiger partial charge in [0.15, 0.2) is 5.78 Å². The normalized spacial score (nSPS) is 13.4. The van der Waals surface area contributed by atoms with Crippen molar-refractivity contribution in [3.05, 3.63) is 68.7 Å². The van der Waals surface area contributed by atoms with Gasteiger partial charge in [-0.1, -0.05) is 54.4 Å². The molecule has 2 aromatic rings. The van der Waals surface area contributed by atoms with Crippen molar-refractivity contribution in [2.45, 2.75) is 13.3 Å². The Morgan fingerprint density at radius 1 is 0.958 bits per heavy atom. The fourth-order valence-electron chi connectivity index (χ4n) is 2.59. The topological polar surface area (TPSA) is 54.5 Å². The van der Waals surface area contributed by atoms with Gasteiger partial charge in [0.2, 0.25) is 0 Å². The number of fused-ring (bicyclic) bond motifs is 1. The van der Waals surface area contributed by atoms with E-state index in [4.69, 9.17) is 23.2 Å². The number of Topliss-reactive ketones (excluding diaryl/α,β-unsaturated/α-hetero) is 1. The van der Waals surface area contributed by atoms with Crippen LogP contribution in [0.2, 0.25) is 10.0 Å². The number of halogens is 2. The van der Waals surface area contributed by atoms with Gasteiger partial charge < -0.3 is 0 Å². The van der Waals surface area contributed by atoms with E-state index in [0.717, 1.165) is 16.9 Å². The lowest BCUT2D eigenvalue weighted by atomic mass is 10.1. The second-order valence-electron chi connectivity index (χ2n) is 5.48. The van der Waals surface area contributed by atoms with Crippen LogP contribution >= 0.6 is 23.2 Å². The van der Waals surface area contributed by atoms with Crippen molar-refractivity contribution in [2.75, 3.05) is 6.54 Å². The van der Waals surface area contributed by atoms with Gasteiger partial charge in [-0.05, 0) is 24.1 Å². The number of carbonyl (C=O) groups excluding carboxylic acids is 3. The Balaban J connectivity index is 1.84. The summed E-state index contributed by atoms with van der Waals surface area (Å²) in [5.41, 5.74) is 1.91. The van der Waals surface area contributed by atoms with Crippen molar-refractivity contribution < 1.29 is 14.4 Å². The molecule has 0 spiro atoms. The molecule has 0 radical (unpaired) electrons. The minimum Gasteiger partial charge on any atom is -0.292 e. The molecule has 2 amide bonds. The Morgan fingerprint density at radius 2 is 1.46 bits per heavy atom. The second-order valence-corrected chi connectivity index (χ2v) is 6.30. The summed E-state index contributed by atoms with van der Waals surface area (Å²) < 4.78 is 0.